The summed E-state index contributed by atoms with van der Waals surface area (Å²) in [6.07, 6.45) is 6.20. The third-order valence-electron chi connectivity index (χ3n) is 6.04. The molecule has 0 bridgehead atoms. The molecule has 4 nitrogen and oxygen atoms in total. The van der Waals surface area contributed by atoms with Crippen molar-refractivity contribution in [3.63, 3.8) is 0 Å². The molecule has 2 atom stereocenters. The molecule has 0 saturated heterocycles. The lowest BCUT2D eigenvalue weighted by Crippen LogP contribution is -2.36. The Balaban J connectivity index is 1.41. The largest absolute Gasteiger partial charge is 0.488 e. The van der Waals surface area contributed by atoms with E-state index in [4.69, 9.17) is 14.2 Å². The molecule has 35 heavy (non-hydrogen) atoms. The Bertz CT molecular complexity index is 1120. The Hall–Kier alpha value is -3.47. The van der Waals surface area contributed by atoms with Crippen molar-refractivity contribution in [2.45, 2.75) is 44.7 Å². The van der Waals surface area contributed by atoms with E-state index in [-0.39, 0.29) is 11.9 Å². The number of ether oxygens (including phenoxy) is 3. The molecule has 0 N–H and O–H groups in total. The minimum Gasteiger partial charge on any atom is -0.488 e. The van der Waals surface area contributed by atoms with Gasteiger partial charge in [0.2, 0.25) is 0 Å². The number of benzene rings is 3. The number of carbonyl (C=O) groups is 1. The van der Waals surface area contributed by atoms with E-state index in [0.29, 0.717) is 38.4 Å². The molecule has 1 aliphatic carbocycles. The van der Waals surface area contributed by atoms with E-state index >= 15 is 0 Å². The zero-order valence-electron chi connectivity index (χ0n) is 20.1. The van der Waals surface area contributed by atoms with Crippen LogP contribution in [0, 0.1) is 0 Å². The van der Waals surface area contributed by atoms with Gasteiger partial charge in [-0.3, -0.25) is 4.79 Å². The van der Waals surface area contributed by atoms with E-state index in [2.05, 4.69) is 12.1 Å². The number of carbonyl (C=O) groups excluding carboxylic acids is 1. The summed E-state index contributed by atoms with van der Waals surface area (Å²) in [5, 5.41) is 0. The van der Waals surface area contributed by atoms with Crippen LogP contribution in [0.1, 0.15) is 30.0 Å². The Labute approximate surface area is 207 Å². The monoisotopic (exact) mass is 468 g/mol. The average Bonchev–Trinajstić information content (AvgIpc) is 3.03. The van der Waals surface area contributed by atoms with Crippen LogP contribution in [0.5, 0.6) is 0 Å². The highest BCUT2D eigenvalue weighted by molar-refractivity contribution is 5.97. The minimum absolute atomic E-state index is 0.0665. The minimum atomic E-state index is -0.934. The zero-order valence-corrected chi connectivity index (χ0v) is 20.1. The molecule has 1 aliphatic rings. The van der Waals surface area contributed by atoms with Crippen LogP contribution < -0.4 is 0 Å². The molecule has 0 fully saturated rings. The maximum absolute atomic E-state index is 12.9. The Morgan fingerprint density at radius 3 is 1.97 bits per heavy atom. The van der Waals surface area contributed by atoms with Crippen LogP contribution in [0.3, 0.4) is 0 Å². The molecule has 2 unspecified atom stereocenters. The van der Waals surface area contributed by atoms with Crippen molar-refractivity contribution >= 4 is 5.78 Å². The van der Waals surface area contributed by atoms with Gasteiger partial charge in [0.25, 0.3) is 0 Å². The van der Waals surface area contributed by atoms with Gasteiger partial charge in [0.15, 0.2) is 5.78 Å². The second kappa shape index (κ2) is 12.3. The Morgan fingerprint density at radius 1 is 0.771 bits per heavy atom. The van der Waals surface area contributed by atoms with Crippen molar-refractivity contribution in [1.82, 2.24) is 0 Å². The molecule has 3 aromatic rings. The van der Waals surface area contributed by atoms with Gasteiger partial charge in [-0.2, -0.15) is 0 Å². The molecule has 3 aromatic carbocycles. The second-order valence-corrected chi connectivity index (χ2v) is 8.94. The molecule has 0 spiro atoms. The lowest BCUT2D eigenvalue weighted by atomic mass is 9.97. The predicted molar refractivity (Wildman–Crippen MR) is 138 cm³/mol. The van der Waals surface area contributed by atoms with Crippen LogP contribution in [0.25, 0.3) is 0 Å². The van der Waals surface area contributed by atoms with Crippen molar-refractivity contribution in [2.75, 3.05) is 6.61 Å². The molecule has 4 heteroatoms. The van der Waals surface area contributed by atoms with Crippen molar-refractivity contribution in [3.05, 3.63) is 132 Å². The molecule has 4 rings (SSSR count). The number of allylic oxidation sites excluding steroid dienone is 1. The highest BCUT2D eigenvalue weighted by Gasteiger charge is 2.33. The van der Waals surface area contributed by atoms with E-state index in [1.54, 1.807) is 12.2 Å². The summed E-state index contributed by atoms with van der Waals surface area (Å²) in [5.74, 6) is 0.595. The van der Waals surface area contributed by atoms with Gasteiger partial charge >= 0.3 is 0 Å². The van der Waals surface area contributed by atoms with Gasteiger partial charge in [0, 0.05) is 12.8 Å². The predicted octanol–water partition coefficient (Wildman–Crippen LogP) is 6.22. The van der Waals surface area contributed by atoms with E-state index in [9.17, 15) is 4.79 Å². The fourth-order valence-corrected chi connectivity index (χ4v) is 3.92. The maximum atomic E-state index is 12.9. The quantitative estimate of drug-likeness (QED) is 0.335. The fraction of sp³-hybridized carbons (Fsp3) is 0.258. The maximum Gasteiger partial charge on any atom is 0.187 e. The third kappa shape index (κ3) is 7.51. The molecule has 0 radical (unpaired) electrons. The van der Waals surface area contributed by atoms with Crippen LogP contribution >= 0.6 is 0 Å². The molecule has 0 amide bonds. The number of hydrogen-bond acceptors (Lipinski definition) is 4. The highest BCUT2D eigenvalue weighted by atomic mass is 16.5. The third-order valence-corrected chi connectivity index (χ3v) is 6.04. The van der Waals surface area contributed by atoms with Crippen molar-refractivity contribution in [3.8, 4) is 0 Å². The number of ketones is 1. The van der Waals surface area contributed by atoms with Gasteiger partial charge in [0.05, 0.1) is 19.8 Å². The first kappa shape index (κ1) is 24.6. The molecule has 180 valence electrons. The van der Waals surface area contributed by atoms with Gasteiger partial charge < -0.3 is 14.2 Å². The standard InChI is InChI=1S/C31H32O4/c1-31(34-23-27-15-9-4-10-16-27)20-19-28(17-18-30(31)32)35-29(21-25-11-5-2-6-12-25)24-33-22-26-13-7-3-8-14-26/h2-19,29H,20-24H2,1H3. The van der Waals surface area contributed by atoms with E-state index in [1.165, 1.54) is 5.56 Å². The Kier molecular flexibility index (Phi) is 8.66. The summed E-state index contributed by atoms with van der Waals surface area (Å²) in [4.78, 5) is 12.9. The van der Waals surface area contributed by atoms with Gasteiger partial charge in [-0.05, 0) is 41.8 Å². The fourth-order valence-electron chi connectivity index (χ4n) is 3.92. The normalized spacial score (nSPS) is 18.5. The zero-order chi connectivity index (χ0) is 24.3. The van der Waals surface area contributed by atoms with Crippen molar-refractivity contribution in [2.24, 2.45) is 0 Å². The summed E-state index contributed by atoms with van der Waals surface area (Å²) < 4.78 is 18.5. The highest BCUT2D eigenvalue weighted by Crippen LogP contribution is 2.26. The van der Waals surface area contributed by atoms with Gasteiger partial charge in [-0.1, -0.05) is 91.0 Å². The lowest BCUT2D eigenvalue weighted by molar-refractivity contribution is -0.138. The van der Waals surface area contributed by atoms with Gasteiger partial charge in [0.1, 0.15) is 17.5 Å². The van der Waals surface area contributed by atoms with E-state index < -0.39 is 5.60 Å². The SMILES string of the molecule is CC1(OCc2ccccc2)CC=C(OC(COCc2ccccc2)Cc2ccccc2)C=CC1=O. The topological polar surface area (TPSA) is 44.8 Å². The summed E-state index contributed by atoms with van der Waals surface area (Å²) >= 11 is 0. The second-order valence-electron chi connectivity index (χ2n) is 8.94. The number of hydrogen-bond donors (Lipinski definition) is 0. The number of rotatable bonds is 11. The van der Waals surface area contributed by atoms with Crippen LogP contribution in [0.15, 0.2) is 115 Å². The summed E-state index contributed by atoms with van der Waals surface area (Å²) in [6.45, 7) is 3.18. The molecule has 0 aromatic heterocycles. The van der Waals surface area contributed by atoms with Crippen LogP contribution in [0.4, 0.5) is 0 Å². The van der Waals surface area contributed by atoms with Crippen LogP contribution in [-0.2, 0) is 38.6 Å². The lowest BCUT2D eigenvalue weighted by Gasteiger charge is -2.25. The summed E-state index contributed by atoms with van der Waals surface area (Å²) in [5.41, 5.74) is 2.40. The van der Waals surface area contributed by atoms with Gasteiger partial charge in [-0.25, -0.2) is 0 Å². The smallest absolute Gasteiger partial charge is 0.187 e. The first-order chi connectivity index (χ1) is 17.1. The molecular weight excluding hydrogens is 436 g/mol. The van der Waals surface area contributed by atoms with Crippen molar-refractivity contribution < 1.29 is 19.0 Å². The Morgan fingerprint density at radius 2 is 1.34 bits per heavy atom. The first-order valence-electron chi connectivity index (χ1n) is 12.0. The molecular formula is C31H32O4. The molecule has 0 saturated carbocycles. The molecule has 0 aliphatic heterocycles. The molecule has 0 heterocycles. The summed E-state index contributed by atoms with van der Waals surface area (Å²) in [6, 6.07) is 30.2. The average molecular weight is 469 g/mol. The van der Waals surface area contributed by atoms with Crippen LogP contribution in [0.2, 0.25) is 0 Å². The van der Waals surface area contributed by atoms with Crippen LogP contribution in [-0.4, -0.2) is 24.1 Å². The van der Waals surface area contributed by atoms with Crippen molar-refractivity contribution in [1.29, 1.82) is 0 Å². The first-order valence-corrected chi connectivity index (χ1v) is 12.0. The van der Waals surface area contributed by atoms with E-state index in [1.807, 2.05) is 91.9 Å². The van der Waals surface area contributed by atoms with E-state index in [0.717, 1.165) is 11.1 Å². The summed E-state index contributed by atoms with van der Waals surface area (Å²) in [7, 11) is 0. The van der Waals surface area contributed by atoms with Gasteiger partial charge in [-0.15, -0.1) is 0 Å².